The molecule has 0 unspecified atom stereocenters. The first-order chi connectivity index (χ1) is 13.3. The van der Waals surface area contributed by atoms with E-state index in [2.05, 4.69) is 51.0 Å². The minimum absolute atomic E-state index is 0.699. The zero-order valence-electron chi connectivity index (χ0n) is 16.1. The lowest BCUT2D eigenvalue weighted by molar-refractivity contribution is 0.334. The Bertz CT molecular complexity index is 843. The van der Waals surface area contributed by atoms with E-state index in [1.54, 1.807) is 0 Å². The average molecular weight is 364 g/mol. The molecule has 4 rings (SSSR count). The number of nitrogens with one attached hydrogen (secondary N) is 2. The Labute approximate surface area is 161 Å². The predicted octanol–water partition coefficient (Wildman–Crippen LogP) is 4.28. The smallest absolute Gasteiger partial charge is 0.106 e. The fourth-order valence-electron chi connectivity index (χ4n) is 3.91. The van der Waals surface area contributed by atoms with E-state index in [0.29, 0.717) is 5.92 Å². The Hall–Kier alpha value is -2.40. The van der Waals surface area contributed by atoms with Crippen LogP contribution in [0.4, 0.5) is 0 Å². The van der Waals surface area contributed by atoms with Crippen molar-refractivity contribution in [2.45, 2.75) is 45.6 Å². The van der Waals surface area contributed by atoms with Gasteiger partial charge >= 0.3 is 0 Å². The number of piperidine rings is 1. The van der Waals surface area contributed by atoms with E-state index in [9.17, 15) is 0 Å². The van der Waals surface area contributed by atoms with Crippen LogP contribution in [0.25, 0.3) is 22.6 Å². The van der Waals surface area contributed by atoms with E-state index in [-0.39, 0.29) is 0 Å². The van der Waals surface area contributed by atoms with Gasteiger partial charge in [0.2, 0.25) is 0 Å². The third-order valence-corrected chi connectivity index (χ3v) is 5.45. The van der Waals surface area contributed by atoms with Gasteiger partial charge in [0, 0.05) is 18.5 Å². The molecule has 0 saturated carbocycles. The van der Waals surface area contributed by atoms with Gasteiger partial charge in [-0.25, -0.2) is 9.97 Å². The van der Waals surface area contributed by atoms with Crippen LogP contribution >= 0.6 is 0 Å². The number of H-pyrrole nitrogens is 1. The molecule has 3 heterocycles. The number of aromatic nitrogens is 4. The summed E-state index contributed by atoms with van der Waals surface area (Å²) in [6, 6.07) is 10.5. The summed E-state index contributed by atoms with van der Waals surface area (Å²) < 4.78 is 2.33. The first kappa shape index (κ1) is 18.0. The van der Waals surface area contributed by atoms with E-state index in [0.717, 1.165) is 60.9 Å². The summed E-state index contributed by atoms with van der Waals surface area (Å²) in [4.78, 5) is 13.0. The molecule has 1 fully saturated rings. The van der Waals surface area contributed by atoms with E-state index in [1.165, 1.54) is 19.3 Å². The van der Waals surface area contributed by atoms with E-state index < -0.39 is 0 Å². The molecule has 1 aliphatic heterocycles. The zero-order chi connectivity index (χ0) is 18.5. The maximum Gasteiger partial charge on any atom is 0.106 e. The van der Waals surface area contributed by atoms with E-state index in [4.69, 9.17) is 4.98 Å². The van der Waals surface area contributed by atoms with Crippen molar-refractivity contribution in [3.8, 4) is 22.6 Å². The van der Waals surface area contributed by atoms with Crippen LogP contribution in [0.1, 0.15) is 38.4 Å². The molecule has 3 aromatic rings. The van der Waals surface area contributed by atoms with E-state index >= 15 is 0 Å². The van der Waals surface area contributed by atoms with Crippen molar-refractivity contribution in [1.29, 1.82) is 0 Å². The fraction of sp³-hybridized carbons (Fsp3) is 0.455. The highest BCUT2D eigenvalue weighted by molar-refractivity contribution is 5.76. The Morgan fingerprint density at radius 3 is 2.70 bits per heavy atom. The lowest BCUT2D eigenvalue weighted by atomic mass is 9.98. The quantitative estimate of drug-likeness (QED) is 0.659. The molecular weight excluding hydrogens is 334 g/mol. The van der Waals surface area contributed by atoms with Gasteiger partial charge in [-0.1, -0.05) is 43.7 Å². The maximum absolute atomic E-state index is 4.80. The van der Waals surface area contributed by atoms with Gasteiger partial charge < -0.3 is 14.9 Å². The Balaban J connectivity index is 1.69. The number of benzene rings is 1. The lowest BCUT2D eigenvalue weighted by Crippen LogP contribution is -2.29. The SMILES string of the molecule is CCCCc1ncc(-c2c(-c3ccccc3)ncn2CC2CCNCC2)[nH]1. The summed E-state index contributed by atoms with van der Waals surface area (Å²) in [5.41, 5.74) is 4.43. The van der Waals surface area contributed by atoms with Crippen molar-refractivity contribution in [2.24, 2.45) is 5.92 Å². The van der Waals surface area contributed by atoms with E-state index in [1.807, 2.05) is 18.6 Å². The summed E-state index contributed by atoms with van der Waals surface area (Å²) in [5.74, 6) is 1.77. The largest absolute Gasteiger partial charge is 0.341 e. The van der Waals surface area contributed by atoms with Crippen LogP contribution in [-0.4, -0.2) is 32.6 Å². The minimum Gasteiger partial charge on any atom is -0.341 e. The predicted molar refractivity (Wildman–Crippen MR) is 109 cm³/mol. The molecule has 0 atom stereocenters. The van der Waals surface area contributed by atoms with Crippen LogP contribution in [0, 0.1) is 5.92 Å². The molecule has 0 bridgehead atoms. The molecule has 5 heteroatoms. The lowest BCUT2D eigenvalue weighted by Gasteiger charge is -2.23. The van der Waals surface area contributed by atoms with Gasteiger partial charge in [0.15, 0.2) is 0 Å². The van der Waals surface area contributed by atoms with Crippen molar-refractivity contribution in [3.63, 3.8) is 0 Å². The van der Waals surface area contributed by atoms with Gasteiger partial charge in [0.1, 0.15) is 5.82 Å². The van der Waals surface area contributed by atoms with Crippen LogP contribution in [-0.2, 0) is 13.0 Å². The summed E-state index contributed by atoms with van der Waals surface area (Å²) >= 11 is 0. The van der Waals surface area contributed by atoms with Gasteiger partial charge in [-0.2, -0.15) is 0 Å². The first-order valence-corrected chi connectivity index (χ1v) is 10.2. The molecule has 142 valence electrons. The highest BCUT2D eigenvalue weighted by atomic mass is 15.1. The number of hydrogen-bond donors (Lipinski definition) is 2. The molecule has 27 heavy (non-hydrogen) atoms. The fourth-order valence-corrected chi connectivity index (χ4v) is 3.91. The van der Waals surface area contributed by atoms with Crippen LogP contribution < -0.4 is 5.32 Å². The normalized spacial score (nSPS) is 15.3. The molecular formula is C22H29N5. The summed E-state index contributed by atoms with van der Waals surface area (Å²) in [7, 11) is 0. The number of hydrogen-bond acceptors (Lipinski definition) is 3. The molecule has 0 radical (unpaired) electrons. The molecule has 0 aliphatic carbocycles. The van der Waals surface area contributed by atoms with Crippen LogP contribution in [0.15, 0.2) is 42.9 Å². The third-order valence-electron chi connectivity index (χ3n) is 5.45. The molecule has 5 nitrogen and oxygen atoms in total. The topological polar surface area (TPSA) is 58.5 Å². The van der Waals surface area contributed by atoms with Gasteiger partial charge in [0.05, 0.1) is 29.6 Å². The standard InChI is InChI=1S/C22H29N5/c1-2-3-9-20-24-14-19(26-20)22-21(18-7-5-4-6-8-18)25-16-27(22)15-17-10-12-23-13-11-17/h4-8,14,16-17,23H,2-3,9-13,15H2,1H3,(H,24,26). The third kappa shape index (κ3) is 4.14. The van der Waals surface area contributed by atoms with Crippen molar-refractivity contribution < 1.29 is 0 Å². The Morgan fingerprint density at radius 2 is 1.93 bits per heavy atom. The summed E-state index contributed by atoms with van der Waals surface area (Å²) in [6.07, 6.45) is 9.77. The Morgan fingerprint density at radius 1 is 1.11 bits per heavy atom. The second-order valence-corrected chi connectivity index (χ2v) is 7.50. The van der Waals surface area contributed by atoms with Crippen molar-refractivity contribution in [1.82, 2.24) is 24.8 Å². The molecule has 0 amide bonds. The Kier molecular flexibility index (Phi) is 5.68. The molecule has 1 saturated heterocycles. The second kappa shape index (κ2) is 8.53. The van der Waals surface area contributed by atoms with Crippen molar-refractivity contribution >= 4 is 0 Å². The molecule has 2 aromatic heterocycles. The number of nitrogens with zero attached hydrogens (tertiary/aromatic N) is 3. The van der Waals surface area contributed by atoms with Gasteiger partial charge in [-0.05, 0) is 38.3 Å². The highest BCUT2D eigenvalue weighted by Gasteiger charge is 2.20. The monoisotopic (exact) mass is 363 g/mol. The minimum atomic E-state index is 0.699. The molecule has 1 aromatic carbocycles. The second-order valence-electron chi connectivity index (χ2n) is 7.50. The van der Waals surface area contributed by atoms with Crippen molar-refractivity contribution in [2.75, 3.05) is 13.1 Å². The van der Waals surface area contributed by atoms with Gasteiger partial charge in [-0.15, -0.1) is 0 Å². The average Bonchev–Trinajstić information content (AvgIpc) is 3.34. The molecule has 2 N–H and O–H groups in total. The molecule has 1 aliphatic rings. The summed E-state index contributed by atoms with van der Waals surface area (Å²) in [6.45, 7) is 5.46. The maximum atomic E-state index is 4.80. The number of aryl methyl sites for hydroxylation is 1. The first-order valence-electron chi connectivity index (χ1n) is 10.2. The number of rotatable bonds is 7. The van der Waals surface area contributed by atoms with Crippen LogP contribution in [0.5, 0.6) is 0 Å². The molecule has 0 spiro atoms. The summed E-state index contributed by atoms with van der Waals surface area (Å²) in [5, 5.41) is 3.46. The number of unbranched alkanes of at least 4 members (excludes halogenated alkanes) is 1. The highest BCUT2D eigenvalue weighted by Crippen LogP contribution is 2.31. The van der Waals surface area contributed by atoms with Crippen LogP contribution in [0.3, 0.4) is 0 Å². The van der Waals surface area contributed by atoms with Gasteiger partial charge in [0.25, 0.3) is 0 Å². The number of aromatic amines is 1. The van der Waals surface area contributed by atoms with Crippen molar-refractivity contribution in [3.05, 3.63) is 48.7 Å². The van der Waals surface area contributed by atoms with Crippen LogP contribution in [0.2, 0.25) is 0 Å². The van der Waals surface area contributed by atoms with Gasteiger partial charge in [-0.3, -0.25) is 0 Å². The zero-order valence-corrected chi connectivity index (χ0v) is 16.1. The number of imidazole rings is 2.